The second kappa shape index (κ2) is 1.98. The SMILES string of the molecule is CCN(C)C1CC1(C)C. The Morgan fingerprint density at radius 3 is 2.11 bits per heavy atom. The third-order valence-corrected chi connectivity index (χ3v) is 2.49. The number of hydrogen-bond donors (Lipinski definition) is 0. The zero-order valence-corrected chi connectivity index (χ0v) is 6.94. The van der Waals surface area contributed by atoms with Gasteiger partial charge in [-0.1, -0.05) is 20.8 Å². The van der Waals surface area contributed by atoms with Gasteiger partial charge in [0.1, 0.15) is 0 Å². The van der Waals surface area contributed by atoms with Crippen LogP contribution in [0, 0.1) is 5.41 Å². The molecule has 1 nitrogen and oxygen atoms in total. The number of hydrogen-bond acceptors (Lipinski definition) is 1. The van der Waals surface area contributed by atoms with Gasteiger partial charge in [0.15, 0.2) is 0 Å². The summed E-state index contributed by atoms with van der Waals surface area (Å²) in [4.78, 5) is 2.43. The van der Waals surface area contributed by atoms with Crippen molar-refractivity contribution in [2.75, 3.05) is 13.6 Å². The maximum absolute atomic E-state index is 2.43. The first kappa shape index (κ1) is 7.07. The lowest BCUT2D eigenvalue weighted by atomic mass is 10.2. The van der Waals surface area contributed by atoms with E-state index in [-0.39, 0.29) is 0 Å². The molecule has 1 heteroatoms. The molecule has 0 aliphatic heterocycles. The predicted octanol–water partition coefficient (Wildman–Crippen LogP) is 1.74. The van der Waals surface area contributed by atoms with E-state index in [0.29, 0.717) is 5.41 Å². The molecule has 1 aliphatic carbocycles. The predicted molar refractivity (Wildman–Crippen MR) is 40.5 cm³/mol. The van der Waals surface area contributed by atoms with Crippen LogP contribution in [-0.2, 0) is 0 Å². The zero-order valence-electron chi connectivity index (χ0n) is 6.94. The summed E-state index contributed by atoms with van der Waals surface area (Å²) in [6.45, 7) is 8.08. The highest BCUT2D eigenvalue weighted by molar-refractivity contribution is 5.01. The highest BCUT2D eigenvalue weighted by Gasteiger charge is 2.47. The van der Waals surface area contributed by atoms with Crippen molar-refractivity contribution >= 4 is 0 Å². The van der Waals surface area contributed by atoms with Gasteiger partial charge in [0.25, 0.3) is 0 Å². The van der Waals surface area contributed by atoms with Crippen molar-refractivity contribution in [3.8, 4) is 0 Å². The quantitative estimate of drug-likeness (QED) is 0.546. The lowest BCUT2D eigenvalue weighted by Gasteiger charge is -2.15. The molecule has 0 radical (unpaired) electrons. The van der Waals surface area contributed by atoms with Crippen molar-refractivity contribution in [1.29, 1.82) is 0 Å². The van der Waals surface area contributed by atoms with E-state index < -0.39 is 0 Å². The summed E-state index contributed by atoms with van der Waals surface area (Å²) in [5, 5.41) is 0. The van der Waals surface area contributed by atoms with Crippen molar-refractivity contribution in [2.24, 2.45) is 5.41 Å². The van der Waals surface area contributed by atoms with Gasteiger partial charge in [0.05, 0.1) is 0 Å². The fourth-order valence-corrected chi connectivity index (χ4v) is 1.41. The first-order valence-electron chi connectivity index (χ1n) is 3.78. The molecule has 1 unspecified atom stereocenters. The van der Waals surface area contributed by atoms with Crippen LogP contribution in [0.4, 0.5) is 0 Å². The Morgan fingerprint density at radius 2 is 2.00 bits per heavy atom. The second-order valence-corrected chi connectivity index (χ2v) is 3.78. The highest BCUT2D eigenvalue weighted by atomic mass is 15.2. The summed E-state index contributed by atoms with van der Waals surface area (Å²) in [6.07, 6.45) is 1.39. The van der Waals surface area contributed by atoms with E-state index >= 15 is 0 Å². The molecule has 0 amide bonds. The molecule has 0 saturated heterocycles. The second-order valence-electron chi connectivity index (χ2n) is 3.78. The van der Waals surface area contributed by atoms with Gasteiger partial charge < -0.3 is 4.90 Å². The Morgan fingerprint density at radius 1 is 1.56 bits per heavy atom. The molecule has 0 aromatic carbocycles. The molecule has 1 saturated carbocycles. The lowest BCUT2D eigenvalue weighted by Crippen LogP contribution is -2.23. The molecule has 0 aromatic rings. The van der Waals surface area contributed by atoms with Crippen molar-refractivity contribution in [3.63, 3.8) is 0 Å². The molecule has 54 valence electrons. The Hall–Kier alpha value is -0.0400. The Kier molecular flexibility index (Phi) is 1.55. The molecule has 0 bridgehead atoms. The van der Waals surface area contributed by atoms with Gasteiger partial charge in [-0.2, -0.15) is 0 Å². The minimum absolute atomic E-state index is 0.616. The van der Waals surface area contributed by atoms with Crippen LogP contribution in [0.1, 0.15) is 27.2 Å². The maximum atomic E-state index is 2.43. The average molecular weight is 127 g/mol. The van der Waals surface area contributed by atoms with Gasteiger partial charge in [-0.3, -0.25) is 0 Å². The first-order valence-corrected chi connectivity index (χ1v) is 3.78. The standard InChI is InChI=1S/C8H17N/c1-5-9(4)7-6-8(7,2)3/h7H,5-6H2,1-4H3. The summed E-state index contributed by atoms with van der Waals surface area (Å²) in [6, 6.07) is 0.863. The topological polar surface area (TPSA) is 3.24 Å². The molecule has 1 aliphatic rings. The van der Waals surface area contributed by atoms with Gasteiger partial charge in [0, 0.05) is 6.04 Å². The third-order valence-electron chi connectivity index (χ3n) is 2.49. The van der Waals surface area contributed by atoms with Crippen molar-refractivity contribution < 1.29 is 0 Å². The molecule has 0 N–H and O–H groups in total. The van der Waals surface area contributed by atoms with E-state index in [1.165, 1.54) is 13.0 Å². The average Bonchev–Trinajstić information content (AvgIpc) is 2.38. The van der Waals surface area contributed by atoms with E-state index in [2.05, 4.69) is 32.7 Å². The van der Waals surface area contributed by atoms with Crippen molar-refractivity contribution in [3.05, 3.63) is 0 Å². The minimum atomic E-state index is 0.616. The Bertz CT molecular complexity index is 107. The van der Waals surface area contributed by atoms with E-state index in [9.17, 15) is 0 Å². The normalized spacial score (nSPS) is 31.0. The largest absolute Gasteiger partial charge is 0.303 e. The smallest absolute Gasteiger partial charge is 0.0149 e. The monoisotopic (exact) mass is 127 g/mol. The molecule has 1 atom stereocenters. The summed E-state index contributed by atoms with van der Waals surface area (Å²) in [5.41, 5.74) is 0.616. The van der Waals surface area contributed by atoms with Gasteiger partial charge in [-0.05, 0) is 25.4 Å². The van der Waals surface area contributed by atoms with Gasteiger partial charge in [-0.15, -0.1) is 0 Å². The number of rotatable bonds is 2. The molecular formula is C8H17N. The maximum Gasteiger partial charge on any atom is 0.0149 e. The van der Waals surface area contributed by atoms with Crippen LogP contribution in [0.5, 0.6) is 0 Å². The van der Waals surface area contributed by atoms with Gasteiger partial charge in [-0.25, -0.2) is 0 Å². The molecular weight excluding hydrogens is 110 g/mol. The van der Waals surface area contributed by atoms with Crippen molar-refractivity contribution in [2.45, 2.75) is 33.2 Å². The van der Waals surface area contributed by atoms with Crippen LogP contribution in [0.3, 0.4) is 0 Å². The van der Waals surface area contributed by atoms with Crippen LogP contribution in [0.25, 0.3) is 0 Å². The molecule has 0 aromatic heterocycles. The van der Waals surface area contributed by atoms with Gasteiger partial charge in [0.2, 0.25) is 0 Å². The highest BCUT2D eigenvalue weighted by Crippen LogP contribution is 2.47. The zero-order chi connectivity index (χ0) is 7.07. The molecule has 1 rings (SSSR count). The molecule has 9 heavy (non-hydrogen) atoms. The summed E-state index contributed by atoms with van der Waals surface area (Å²) < 4.78 is 0. The summed E-state index contributed by atoms with van der Waals surface area (Å²) >= 11 is 0. The van der Waals surface area contributed by atoms with Crippen LogP contribution >= 0.6 is 0 Å². The molecule has 0 heterocycles. The Labute approximate surface area is 58.0 Å². The summed E-state index contributed by atoms with van der Waals surface area (Å²) in [5.74, 6) is 0. The third kappa shape index (κ3) is 1.26. The fraction of sp³-hybridized carbons (Fsp3) is 1.00. The van der Waals surface area contributed by atoms with Gasteiger partial charge >= 0.3 is 0 Å². The van der Waals surface area contributed by atoms with Crippen LogP contribution in [-0.4, -0.2) is 24.5 Å². The van der Waals surface area contributed by atoms with Crippen molar-refractivity contribution in [1.82, 2.24) is 4.90 Å². The summed E-state index contributed by atoms with van der Waals surface area (Å²) in [7, 11) is 2.21. The van der Waals surface area contributed by atoms with Crippen LogP contribution < -0.4 is 0 Å². The van der Waals surface area contributed by atoms with E-state index in [1.54, 1.807) is 0 Å². The van der Waals surface area contributed by atoms with Crippen LogP contribution in [0.2, 0.25) is 0 Å². The Balaban J connectivity index is 2.33. The van der Waals surface area contributed by atoms with E-state index in [0.717, 1.165) is 6.04 Å². The fourth-order valence-electron chi connectivity index (χ4n) is 1.41. The first-order chi connectivity index (χ1) is 4.08. The van der Waals surface area contributed by atoms with E-state index in [1.807, 2.05) is 0 Å². The molecule has 1 fully saturated rings. The molecule has 0 spiro atoms. The lowest BCUT2D eigenvalue weighted by molar-refractivity contribution is 0.302. The van der Waals surface area contributed by atoms with E-state index in [4.69, 9.17) is 0 Å². The van der Waals surface area contributed by atoms with Crippen LogP contribution in [0.15, 0.2) is 0 Å². The number of nitrogens with zero attached hydrogens (tertiary/aromatic N) is 1. The minimum Gasteiger partial charge on any atom is -0.303 e.